The van der Waals surface area contributed by atoms with Gasteiger partial charge in [0.15, 0.2) is 0 Å². The van der Waals surface area contributed by atoms with Gasteiger partial charge in [0, 0.05) is 12.4 Å². The number of ether oxygens (including phenoxy) is 1. The molecule has 3 heterocycles. The van der Waals surface area contributed by atoms with Gasteiger partial charge in [0.05, 0.1) is 7.11 Å². The second kappa shape index (κ2) is 4.53. The van der Waals surface area contributed by atoms with Crippen LogP contribution in [0.25, 0.3) is 17.0 Å². The Balaban J connectivity index is 2.15. The summed E-state index contributed by atoms with van der Waals surface area (Å²) in [6.45, 7) is 0. The van der Waals surface area contributed by atoms with E-state index in [1.807, 2.05) is 0 Å². The minimum absolute atomic E-state index is 0.00570. The average molecular weight is 272 g/mol. The number of hydrogen-bond acceptors (Lipinski definition) is 7. The molecule has 0 aliphatic carbocycles. The maximum Gasteiger partial charge on any atom is 0.453 e. The highest BCUT2D eigenvalue weighted by Crippen LogP contribution is 2.07. The molecule has 3 rings (SSSR count). The summed E-state index contributed by atoms with van der Waals surface area (Å²) in [6, 6.07) is 5.18. The van der Waals surface area contributed by atoms with Crippen molar-refractivity contribution in [1.82, 2.24) is 29.6 Å². The lowest BCUT2D eigenvalue weighted by molar-refractivity contribution is 0.164. The summed E-state index contributed by atoms with van der Waals surface area (Å²) in [4.78, 5) is 28.3. The highest BCUT2D eigenvalue weighted by atomic mass is 16.5. The van der Waals surface area contributed by atoms with E-state index >= 15 is 0 Å². The number of rotatable bonds is 1. The summed E-state index contributed by atoms with van der Waals surface area (Å²) >= 11 is 0. The van der Waals surface area contributed by atoms with Crippen LogP contribution in [0.3, 0.4) is 0 Å². The van der Waals surface area contributed by atoms with E-state index in [0.717, 1.165) is 0 Å². The van der Waals surface area contributed by atoms with Crippen LogP contribution in [0.5, 0.6) is 0 Å². The molecule has 0 radical (unpaired) electrons. The molecule has 0 amide bonds. The number of hydrogen-bond donors (Lipinski definition) is 0. The molecule has 0 saturated heterocycles. The third-order valence-electron chi connectivity index (χ3n) is 2.61. The van der Waals surface area contributed by atoms with Gasteiger partial charge in [-0.3, -0.25) is 9.20 Å². The monoisotopic (exact) mass is 272 g/mol. The Kier molecular flexibility index (Phi) is 2.71. The van der Waals surface area contributed by atoms with Crippen molar-refractivity contribution in [3.63, 3.8) is 0 Å². The number of pyridine rings is 1. The average Bonchev–Trinajstić information content (AvgIpc) is 2.97. The van der Waals surface area contributed by atoms with Crippen LogP contribution in [0.1, 0.15) is 0 Å². The number of aromatic nitrogens is 6. The van der Waals surface area contributed by atoms with Gasteiger partial charge in [0.25, 0.3) is 5.56 Å². The summed E-state index contributed by atoms with van der Waals surface area (Å²) < 4.78 is 5.80. The number of carbonyl (C=O) groups excluding carboxylic acids is 1. The fourth-order valence-electron chi connectivity index (χ4n) is 1.66. The van der Waals surface area contributed by atoms with Crippen molar-refractivity contribution >= 4 is 11.7 Å². The van der Waals surface area contributed by atoms with Crippen molar-refractivity contribution in [3.05, 3.63) is 40.9 Å². The van der Waals surface area contributed by atoms with Crippen LogP contribution in [0.4, 0.5) is 4.79 Å². The lowest BCUT2D eigenvalue weighted by atomic mass is 10.3. The van der Waals surface area contributed by atoms with Gasteiger partial charge in [-0.2, -0.15) is 0 Å². The lowest BCUT2D eigenvalue weighted by Crippen LogP contribution is -2.17. The number of methoxy groups -OCH3 is 1. The van der Waals surface area contributed by atoms with E-state index in [1.165, 1.54) is 17.7 Å². The number of carbonyl (C=O) groups is 1. The zero-order valence-corrected chi connectivity index (χ0v) is 10.3. The van der Waals surface area contributed by atoms with Gasteiger partial charge in [-0.25, -0.2) is 9.78 Å². The predicted molar refractivity (Wildman–Crippen MR) is 66.1 cm³/mol. The van der Waals surface area contributed by atoms with E-state index in [-0.39, 0.29) is 16.9 Å². The van der Waals surface area contributed by atoms with E-state index in [1.54, 1.807) is 24.4 Å². The molecule has 9 heteroatoms. The van der Waals surface area contributed by atoms with Crippen molar-refractivity contribution in [1.29, 1.82) is 0 Å². The Bertz CT molecular complexity index is 852. The molecular weight excluding hydrogens is 264 g/mol. The molecule has 9 nitrogen and oxygen atoms in total. The predicted octanol–water partition coefficient (Wildman–Crippen LogP) is -0.0375. The minimum Gasteiger partial charge on any atom is -0.450 e. The Hall–Kier alpha value is -3.10. The molecular formula is C11H8N6O3. The van der Waals surface area contributed by atoms with Gasteiger partial charge in [-0.1, -0.05) is 10.9 Å². The third-order valence-corrected chi connectivity index (χ3v) is 2.61. The van der Waals surface area contributed by atoms with Crippen molar-refractivity contribution in [3.8, 4) is 11.4 Å². The number of tetrazole rings is 1. The quantitative estimate of drug-likeness (QED) is 0.612. The maximum absolute atomic E-state index is 12.3. The van der Waals surface area contributed by atoms with E-state index in [9.17, 15) is 9.59 Å². The third kappa shape index (κ3) is 1.81. The van der Waals surface area contributed by atoms with Crippen LogP contribution >= 0.6 is 0 Å². The van der Waals surface area contributed by atoms with E-state index in [2.05, 4.69) is 25.1 Å². The standard InChI is InChI=1S/C11H8N6O3/c1-20-11(19)17-14-9(13-15-17)7-6-12-8-4-2-3-5-16(8)10(7)18/h2-6H,1H3. The molecule has 0 bridgehead atoms. The smallest absolute Gasteiger partial charge is 0.450 e. The first kappa shape index (κ1) is 12.0. The molecule has 0 atom stereocenters. The molecule has 0 N–H and O–H groups in total. The molecule has 0 spiro atoms. The number of fused-ring (bicyclic) bond motifs is 1. The highest BCUT2D eigenvalue weighted by Gasteiger charge is 2.15. The molecule has 0 aliphatic heterocycles. The van der Waals surface area contributed by atoms with Crippen LogP contribution in [0, 0.1) is 0 Å². The zero-order chi connectivity index (χ0) is 14.1. The van der Waals surface area contributed by atoms with Crippen molar-refractivity contribution in [2.45, 2.75) is 0 Å². The maximum atomic E-state index is 12.3. The molecule has 0 unspecified atom stereocenters. The Morgan fingerprint density at radius 1 is 1.35 bits per heavy atom. The van der Waals surface area contributed by atoms with Crippen molar-refractivity contribution < 1.29 is 9.53 Å². The fraction of sp³-hybridized carbons (Fsp3) is 0.0909. The van der Waals surface area contributed by atoms with Gasteiger partial charge in [-0.15, -0.1) is 10.2 Å². The molecule has 0 saturated carbocycles. The molecule has 0 aromatic carbocycles. The Labute approximate surface area is 111 Å². The van der Waals surface area contributed by atoms with E-state index in [0.29, 0.717) is 10.4 Å². The van der Waals surface area contributed by atoms with Crippen LogP contribution in [-0.2, 0) is 4.74 Å². The fourth-order valence-corrected chi connectivity index (χ4v) is 1.66. The highest BCUT2D eigenvalue weighted by molar-refractivity contribution is 5.68. The van der Waals surface area contributed by atoms with E-state index < -0.39 is 6.09 Å². The minimum atomic E-state index is -0.794. The first-order chi connectivity index (χ1) is 9.70. The summed E-state index contributed by atoms with van der Waals surface area (Å²) in [5.41, 5.74) is 0.297. The van der Waals surface area contributed by atoms with Gasteiger partial charge >= 0.3 is 6.09 Å². The molecule has 0 fully saturated rings. The number of nitrogens with zero attached hydrogens (tertiary/aromatic N) is 6. The summed E-state index contributed by atoms with van der Waals surface area (Å²) in [5.74, 6) is 0.00570. The Morgan fingerprint density at radius 2 is 2.20 bits per heavy atom. The van der Waals surface area contributed by atoms with Crippen LogP contribution < -0.4 is 5.56 Å². The first-order valence-electron chi connectivity index (χ1n) is 5.56. The summed E-state index contributed by atoms with van der Waals surface area (Å²) in [7, 11) is 1.19. The van der Waals surface area contributed by atoms with Gasteiger partial charge in [0.2, 0.25) is 5.82 Å². The van der Waals surface area contributed by atoms with Crippen molar-refractivity contribution in [2.24, 2.45) is 0 Å². The largest absolute Gasteiger partial charge is 0.453 e. The van der Waals surface area contributed by atoms with Gasteiger partial charge in [0.1, 0.15) is 11.2 Å². The van der Waals surface area contributed by atoms with Crippen molar-refractivity contribution in [2.75, 3.05) is 7.11 Å². The van der Waals surface area contributed by atoms with Gasteiger partial charge in [-0.05, 0) is 17.3 Å². The molecule has 100 valence electrons. The van der Waals surface area contributed by atoms with Gasteiger partial charge < -0.3 is 4.74 Å². The zero-order valence-electron chi connectivity index (χ0n) is 10.3. The normalized spacial score (nSPS) is 10.7. The lowest BCUT2D eigenvalue weighted by Gasteiger charge is -2.00. The van der Waals surface area contributed by atoms with Crippen LogP contribution in [0.2, 0.25) is 0 Å². The molecule has 3 aromatic rings. The SMILES string of the molecule is COC(=O)n1nnc(-c2cnc3ccccn3c2=O)n1. The topological polar surface area (TPSA) is 104 Å². The summed E-state index contributed by atoms with van der Waals surface area (Å²) in [5, 5.41) is 10.9. The molecule has 3 aromatic heterocycles. The van der Waals surface area contributed by atoms with Crippen LogP contribution in [-0.4, -0.2) is 42.8 Å². The summed E-state index contributed by atoms with van der Waals surface area (Å²) in [6.07, 6.45) is 2.13. The molecule has 0 aliphatic rings. The van der Waals surface area contributed by atoms with E-state index in [4.69, 9.17) is 0 Å². The Morgan fingerprint density at radius 3 is 3.00 bits per heavy atom. The molecule has 20 heavy (non-hydrogen) atoms. The second-order valence-corrected chi connectivity index (χ2v) is 3.78. The second-order valence-electron chi connectivity index (χ2n) is 3.78. The van der Waals surface area contributed by atoms with Crippen LogP contribution in [0.15, 0.2) is 35.4 Å². The first-order valence-corrected chi connectivity index (χ1v) is 5.56.